The fourth-order valence-electron chi connectivity index (χ4n) is 2.39. The lowest BCUT2D eigenvalue weighted by Gasteiger charge is -2.19. The number of amides is 1. The summed E-state index contributed by atoms with van der Waals surface area (Å²) in [5.74, 6) is 0.557. The van der Waals surface area contributed by atoms with Gasteiger partial charge in [-0.1, -0.05) is 54.6 Å². The zero-order chi connectivity index (χ0) is 16.6. The molecule has 1 amide bonds. The lowest BCUT2D eigenvalue weighted by Crippen LogP contribution is -2.33. The molecular formula is C20H19NO2S. The van der Waals surface area contributed by atoms with Gasteiger partial charge in [0.2, 0.25) is 6.10 Å². The van der Waals surface area contributed by atoms with Gasteiger partial charge in [0, 0.05) is 17.0 Å². The van der Waals surface area contributed by atoms with Crippen LogP contribution in [0.2, 0.25) is 0 Å². The predicted molar refractivity (Wildman–Crippen MR) is 97.3 cm³/mol. The van der Waals surface area contributed by atoms with Crippen molar-refractivity contribution in [1.29, 1.82) is 0 Å². The highest BCUT2D eigenvalue weighted by molar-refractivity contribution is 7.09. The molecule has 122 valence electrons. The molecule has 1 N–H and O–H groups in total. The number of hydrogen-bond acceptors (Lipinski definition) is 3. The Bertz CT molecular complexity index is 742. The van der Waals surface area contributed by atoms with Crippen LogP contribution < -0.4 is 10.1 Å². The number of para-hydroxylation sites is 1. The molecule has 0 bridgehead atoms. The van der Waals surface area contributed by atoms with Crippen molar-refractivity contribution < 1.29 is 9.53 Å². The van der Waals surface area contributed by atoms with Crippen LogP contribution in [0.1, 0.15) is 16.5 Å². The second-order valence-corrected chi connectivity index (χ2v) is 6.37. The fraction of sp³-hybridized carbons (Fsp3) is 0.150. The van der Waals surface area contributed by atoms with Crippen molar-refractivity contribution in [2.75, 3.05) is 6.54 Å². The first-order chi connectivity index (χ1) is 11.8. The van der Waals surface area contributed by atoms with E-state index >= 15 is 0 Å². The van der Waals surface area contributed by atoms with Crippen molar-refractivity contribution in [3.8, 4) is 5.75 Å². The first-order valence-electron chi connectivity index (χ1n) is 7.89. The van der Waals surface area contributed by atoms with E-state index in [1.807, 2.05) is 72.1 Å². The Labute approximate surface area is 145 Å². The SMILES string of the molecule is O=C(NCCc1cccs1)C(Oc1ccccc1)c1ccccc1. The number of rotatable bonds is 7. The second-order valence-electron chi connectivity index (χ2n) is 5.34. The summed E-state index contributed by atoms with van der Waals surface area (Å²) in [5, 5.41) is 5.03. The summed E-state index contributed by atoms with van der Waals surface area (Å²) in [5.41, 5.74) is 0.843. The number of carbonyl (C=O) groups excluding carboxylic acids is 1. The van der Waals surface area contributed by atoms with Gasteiger partial charge >= 0.3 is 0 Å². The van der Waals surface area contributed by atoms with E-state index in [1.165, 1.54) is 4.88 Å². The molecule has 0 fully saturated rings. The van der Waals surface area contributed by atoms with Gasteiger partial charge in [-0.25, -0.2) is 0 Å². The Balaban J connectivity index is 1.68. The van der Waals surface area contributed by atoms with E-state index in [2.05, 4.69) is 11.4 Å². The molecule has 4 heteroatoms. The van der Waals surface area contributed by atoms with Crippen molar-refractivity contribution in [3.63, 3.8) is 0 Å². The van der Waals surface area contributed by atoms with Gasteiger partial charge in [-0.15, -0.1) is 11.3 Å². The molecule has 0 saturated carbocycles. The summed E-state index contributed by atoms with van der Waals surface area (Å²) >= 11 is 1.70. The van der Waals surface area contributed by atoms with Crippen LogP contribution in [0.5, 0.6) is 5.75 Å². The van der Waals surface area contributed by atoms with Gasteiger partial charge in [-0.3, -0.25) is 4.79 Å². The second kappa shape index (κ2) is 8.31. The van der Waals surface area contributed by atoms with E-state index in [-0.39, 0.29) is 5.91 Å². The van der Waals surface area contributed by atoms with Crippen molar-refractivity contribution in [3.05, 3.63) is 88.6 Å². The van der Waals surface area contributed by atoms with Gasteiger partial charge in [-0.05, 0) is 30.0 Å². The minimum absolute atomic E-state index is 0.124. The summed E-state index contributed by atoms with van der Waals surface area (Å²) in [6.45, 7) is 0.598. The van der Waals surface area contributed by atoms with Crippen LogP contribution in [-0.4, -0.2) is 12.5 Å². The van der Waals surface area contributed by atoms with Crippen LogP contribution in [0.3, 0.4) is 0 Å². The Morgan fingerprint density at radius 2 is 1.67 bits per heavy atom. The number of carbonyl (C=O) groups is 1. The maximum atomic E-state index is 12.6. The van der Waals surface area contributed by atoms with Crippen molar-refractivity contribution >= 4 is 17.2 Å². The maximum Gasteiger partial charge on any atom is 0.265 e. The highest BCUT2D eigenvalue weighted by atomic mass is 32.1. The molecule has 0 radical (unpaired) electrons. The van der Waals surface area contributed by atoms with E-state index in [0.717, 1.165) is 12.0 Å². The Morgan fingerprint density at radius 3 is 2.33 bits per heavy atom. The Hall–Kier alpha value is -2.59. The average molecular weight is 337 g/mol. The molecule has 1 heterocycles. The van der Waals surface area contributed by atoms with E-state index in [4.69, 9.17) is 4.74 Å². The molecular weight excluding hydrogens is 318 g/mol. The van der Waals surface area contributed by atoms with Gasteiger partial charge in [0.05, 0.1) is 0 Å². The number of thiophene rings is 1. The lowest BCUT2D eigenvalue weighted by molar-refractivity contribution is -0.128. The quantitative estimate of drug-likeness (QED) is 0.701. The van der Waals surface area contributed by atoms with Crippen molar-refractivity contribution in [2.45, 2.75) is 12.5 Å². The fourth-order valence-corrected chi connectivity index (χ4v) is 3.10. The normalized spacial score (nSPS) is 11.7. The van der Waals surface area contributed by atoms with Crippen LogP contribution in [0.4, 0.5) is 0 Å². The Morgan fingerprint density at radius 1 is 0.958 bits per heavy atom. The molecule has 3 rings (SSSR count). The molecule has 0 aliphatic carbocycles. The minimum atomic E-state index is -0.656. The van der Waals surface area contributed by atoms with E-state index in [0.29, 0.717) is 12.3 Å². The summed E-state index contributed by atoms with van der Waals surface area (Å²) in [6, 6.07) is 23.1. The number of ether oxygens (including phenoxy) is 1. The third kappa shape index (κ3) is 4.46. The third-order valence-electron chi connectivity index (χ3n) is 3.59. The zero-order valence-electron chi connectivity index (χ0n) is 13.2. The highest BCUT2D eigenvalue weighted by Crippen LogP contribution is 2.22. The molecule has 0 aliphatic rings. The number of benzene rings is 2. The summed E-state index contributed by atoms with van der Waals surface area (Å²) in [7, 11) is 0. The summed E-state index contributed by atoms with van der Waals surface area (Å²) in [4.78, 5) is 13.9. The standard InChI is InChI=1S/C20H19NO2S/c22-20(21-14-13-18-12-7-15-24-18)19(16-8-3-1-4-9-16)23-17-10-5-2-6-11-17/h1-12,15,19H,13-14H2,(H,21,22). The zero-order valence-corrected chi connectivity index (χ0v) is 14.0. The molecule has 1 atom stereocenters. The molecule has 3 nitrogen and oxygen atoms in total. The maximum absolute atomic E-state index is 12.6. The van der Waals surface area contributed by atoms with Crippen molar-refractivity contribution in [1.82, 2.24) is 5.32 Å². The largest absolute Gasteiger partial charge is 0.476 e. The molecule has 1 aromatic heterocycles. The van der Waals surface area contributed by atoms with E-state index in [9.17, 15) is 4.79 Å². The van der Waals surface area contributed by atoms with Crippen LogP contribution in [0.15, 0.2) is 78.2 Å². The minimum Gasteiger partial charge on any atom is -0.476 e. The van der Waals surface area contributed by atoms with Crippen LogP contribution in [0.25, 0.3) is 0 Å². The van der Waals surface area contributed by atoms with E-state index in [1.54, 1.807) is 11.3 Å². The van der Waals surface area contributed by atoms with Gasteiger partial charge in [-0.2, -0.15) is 0 Å². The average Bonchev–Trinajstić information content (AvgIpc) is 3.15. The van der Waals surface area contributed by atoms with Gasteiger partial charge in [0.25, 0.3) is 5.91 Å². The lowest BCUT2D eigenvalue weighted by atomic mass is 10.1. The van der Waals surface area contributed by atoms with Crippen LogP contribution >= 0.6 is 11.3 Å². The first kappa shape index (κ1) is 16.3. The predicted octanol–water partition coefficient (Wildman–Crippen LogP) is 4.23. The molecule has 0 saturated heterocycles. The van der Waals surface area contributed by atoms with Crippen LogP contribution in [0, 0.1) is 0 Å². The van der Waals surface area contributed by atoms with Gasteiger partial charge in [0.15, 0.2) is 0 Å². The third-order valence-corrected chi connectivity index (χ3v) is 4.52. The molecule has 0 spiro atoms. The molecule has 2 aromatic carbocycles. The number of nitrogens with one attached hydrogen (secondary N) is 1. The van der Waals surface area contributed by atoms with Gasteiger partial charge < -0.3 is 10.1 Å². The molecule has 3 aromatic rings. The van der Waals surface area contributed by atoms with Gasteiger partial charge in [0.1, 0.15) is 5.75 Å². The summed E-state index contributed by atoms with van der Waals surface area (Å²) in [6.07, 6.45) is 0.174. The topological polar surface area (TPSA) is 38.3 Å². The highest BCUT2D eigenvalue weighted by Gasteiger charge is 2.22. The van der Waals surface area contributed by atoms with E-state index < -0.39 is 6.10 Å². The van der Waals surface area contributed by atoms with Crippen molar-refractivity contribution in [2.24, 2.45) is 0 Å². The molecule has 0 aliphatic heterocycles. The molecule has 1 unspecified atom stereocenters. The number of hydrogen-bond donors (Lipinski definition) is 1. The molecule has 24 heavy (non-hydrogen) atoms. The Kier molecular flexibility index (Phi) is 5.64. The smallest absolute Gasteiger partial charge is 0.265 e. The monoisotopic (exact) mass is 337 g/mol. The summed E-state index contributed by atoms with van der Waals surface area (Å²) < 4.78 is 5.94. The first-order valence-corrected chi connectivity index (χ1v) is 8.77. The van der Waals surface area contributed by atoms with Crippen LogP contribution in [-0.2, 0) is 11.2 Å².